The molecule has 3 rings (SSSR count). The molecular weight excluding hydrogens is 370 g/mol. The van der Waals surface area contributed by atoms with Gasteiger partial charge in [0.2, 0.25) is 6.41 Å². The molecule has 27 heavy (non-hydrogen) atoms. The maximum atomic E-state index is 12.7. The quantitative estimate of drug-likeness (QED) is 0.787. The van der Waals surface area contributed by atoms with E-state index in [0.29, 0.717) is 54.3 Å². The number of aryl methyl sites for hydroxylation is 1. The summed E-state index contributed by atoms with van der Waals surface area (Å²) in [6, 6.07) is 6.63. The van der Waals surface area contributed by atoms with Crippen molar-refractivity contribution in [2.45, 2.75) is 6.92 Å². The zero-order valence-electron chi connectivity index (χ0n) is 15.1. The summed E-state index contributed by atoms with van der Waals surface area (Å²) in [4.78, 5) is 36.0. The number of halogens is 1. The highest BCUT2D eigenvalue weighted by atomic mass is 35.5. The third-order valence-corrected chi connectivity index (χ3v) is 4.49. The Morgan fingerprint density at radius 1 is 1.22 bits per heavy atom. The predicted octanol–water partition coefficient (Wildman–Crippen LogP) is 1.98. The molecule has 0 spiro atoms. The zero-order chi connectivity index (χ0) is 19.4. The van der Waals surface area contributed by atoms with E-state index in [-0.39, 0.29) is 11.6 Å². The zero-order valence-corrected chi connectivity index (χ0v) is 15.9. The number of carbonyl (C=O) groups excluding carboxylic acids is 2. The first kappa shape index (κ1) is 18.9. The normalized spacial score (nSPS) is 14.0. The molecule has 0 aliphatic carbocycles. The fourth-order valence-corrected chi connectivity index (χ4v) is 3.02. The SMILES string of the molecule is COc1ccc(Cl)cc1NC(=O)c1cc(N2CCN(C=O)CC2)nc(C)n1. The lowest BCUT2D eigenvalue weighted by molar-refractivity contribution is -0.118. The van der Waals surface area contributed by atoms with Crippen LogP contribution in [0.5, 0.6) is 5.75 Å². The average molecular weight is 390 g/mol. The highest BCUT2D eigenvalue weighted by Crippen LogP contribution is 2.28. The van der Waals surface area contributed by atoms with Crippen molar-refractivity contribution in [3.63, 3.8) is 0 Å². The van der Waals surface area contributed by atoms with E-state index in [0.717, 1.165) is 6.41 Å². The number of ether oxygens (including phenoxy) is 1. The standard InChI is InChI=1S/C18H20ClN5O3/c1-12-20-15(10-17(21-12)24-7-5-23(11-25)6-8-24)18(26)22-14-9-13(19)3-4-16(14)27-2/h3-4,9-11H,5-8H2,1-2H3,(H,22,26). The number of aromatic nitrogens is 2. The second-order valence-corrected chi connectivity index (χ2v) is 6.52. The van der Waals surface area contributed by atoms with Crippen LogP contribution in [0.25, 0.3) is 0 Å². The molecule has 1 aromatic heterocycles. The molecular formula is C18H20ClN5O3. The molecule has 8 nitrogen and oxygen atoms in total. The second kappa shape index (κ2) is 8.22. The maximum absolute atomic E-state index is 12.7. The van der Waals surface area contributed by atoms with Crippen LogP contribution in [0.2, 0.25) is 5.02 Å². The van der Waals surface area contributed by atoms with Gasteiger partial charge in [0.15, 0.2) is 0 Å². The van der Waals surface area contributed by atoms with Crippen LogP contribution in [0, 0.1) is 6.92 Å². The molecule has 0 bridgehead atoms. The fraction of sp³-hybridized carbons (Fsp3) is 0.333. The number of hydrogen-bond acceptors (Lipinski definition) is 6. The lowest BCUT2D eigenvalue weighted by atomic mass is 10.2. The Morgan fingerprint density at radius 2 is 1.96 bits per heavy atom. The van der Waals surface area contributed by atoms with E-state index in [4.69, 9.17) is 16.3 Å². The Balaban J connectivity index is 1.81. The van der Waals surface area contributed by atoms with Crippen molar-refractivity contribution in [2.24, 2.45) is 0 Å². The van der Waals surface area contributed by atoms with Gasteiger partial charge in [-0.25, -0.2) is 9.97 Å². The van der Waals surface area contributed by atoms with E-state index in [1.54, 1.807) is 36.1 Å². The van der Waals surface area contributed by atoms with Gasteiger partial charge in [0.1, 0.15) is 23.1 Å². The van der Waals surface area contributed by atoms with E-state index in [1.807, 2.05) is 4.90 Å². The van der Waals surface area contributed by atoms with Crippen molar-refractivity contribution < 1.29 is 14.3 Å². The minimum atomic E-state index is -0.381. The number of piperazine rings is 1. The maximum Gasteiger partial charge on any atom is 0.274 e. The molecule has 0 radical (unpaired) electrons. The van der Waals surface area contributed by atoms with Crippen molar-refractivity contribution in [3.8, 4) is 5.75 Å². The van der Waals surface area contributed by atoms with Crippen molar-refractivity contribution in [1.29, 1.82) is 0 Å². The van der Waals surface area contributed by atoms with E-state index in [1.165, 1.54) is 7.11 Å². The van der Waals surface area contributed by atoms with E-state index in [2.05, 4.69) is 15.3 Å². The van der Waals surface area contributed by atoms with Gasteiger partial charge in [0.05, 0.1) is 12.8 Å². The molecule has 1 aliphatic heterocycles. The van der Waals surface area contributed by atoms with Crippen LogP contribution < -0.4 is 15.0 Å². The first-order valence-electron chi connectivity index (χ1n) is 8.45. The molecule has 142 valence electrons. The van der Waals surface area contributed by atoms with Crippen LogP contribution in [0.15, 0.2) is 24.3 Å². The van der Waals surface area contributed by atoms with E-state index < -0.39 is 0 Å². The Hall–Kier alpha value is -2.87. The van der Waals surface area contributed by atoms with Gasteiger partial charge < -0.3 is 19.9 Å². The Morgan fingerprint density at radius 3 is 2.63 bits per heavy atom. The average Bonchev–Trinajstić information content (AvgIpc) is 2.67. The van der Waals surface area contributed by atoms with Gasteiger partial charge in [-0.15, -0.1) is 0 Å². The summed E-state index contributed by atoms with van der Waals surface area (Å²) in [5, 5.41) is 3.27. The van der Waals surface area contributed by atoms with Gasteiger partial charge in [0, 0.05) is 37.3 Å². The van der Waals surface area contributed by atoms with Gasteiger partial charge in [-0.3, -0.25) is 9.59 Å². The summed E-state index contributed by atoms with van der Waals surface area (Å²) >= 11 is 6.01. The third kappa shape index (κ3) is 4.46. The van der Waals surface area contributed by atoms with Crippen molar-refractivity contribution >= 4 is 35.4 Å². The van der Waals surface area contributed by atoms with Crippen LogP contribution in [-0.4, -0.2) is 60.5 Å². The third-order valence-electron chi connectivity index (χ3n) is 4.25. The number of anilines is 2. The molecule has 2 aromatic rings. The summed E-state index contributed by atoms with van der Waals surface area (Å²) in [5.41, 5.74) is 0.713. The number of benzene rings is 1. The van der Waals surface area contributed by atoms with Crippen LogP contribution in [0.4, 0.5) is 11.5 Å². The second-order valence-electron chi connectivity index (χ2n) is 6.09. The molecule has 0 atom stereocenters. The van der Waals surface area contributed by atoms with Crippen molar-refractivity contribution in [1.82, 2.24) is 14.9 Å². The van der Waals surface area contributed by atoms with Gasteiger partial charge in [0.25, 0.3) is 5.91 Å². The summed E-state index contributed by atoms with van der Waals surface area (Å²) < 4.78 is 5.25. The van der Waals surface area contributed by atoms with E-state index in [9.17, 15) is 9.59 Å². The molecule has 9 heteroatoms. The van der Waals surface area contributed by atoms with E-state index >= 15 is 0 Å². The van der Waals surface area contributed by atoms with Gasteiger partial charge >= 0.3 is 0 Å². The highest BCUT2D eigenvalue weighted by molar-refractivity contribution is 6.31. The molecule has 1 N–H and O–H groups in total. The predicted molar refractivity (Wildman–Crippen MR) is 103 cm³/mol. The first-order chi connectivity index (χ1) is 13.0. The van der Waals surface area contributed by atoms with Crippen LogP contribution in [0.1, 0.15) is 16.3 Å². The number of methoxy groups -OCH3 is 1. The molecule has 2 amide bonds. The summed E-state index contributed by atoms with van der Waals surface area (Å²) in [5.74, 6) is 1.28. The molecule has 1 fully saturated rings. The summed E-state index contributed by atoms with van der Waals surface area (Å²) in [6.45, 7) is 4.28. The number of rotatable bonds is 5. The van der Waals surface area contributed by atoms with Crippen LogP contribution >= 0.6 is 11.6 Å². The monoisotopic (exact) mass is 389 g/mol. The van der Waals surface area contributed by atoms with Crippen molar-refractivity contribution in [2.75, 3.05) is 43.5 Å². The minimum absolute atomic E-state index is 0.248. The van der Waals surface area contributed by atoms with Crippen LogP contribution in [-0.2, 0) is 4.79 Å². The van der Waals surface area contributed by atoms with Gasteiger partial charge in [-0.1, -0.05) is 11.6 Å². The number of carbonyl (C=O) groups is 2. The highest BCUT2D eigenvalue weighted by Gasteiger charge is 2.20. The molecule has 1 aliphatic rings. The van der Waals surface area contributed by atoms with Gasteiger partial charge in [-0.2, -0.15) is 0 Å². The molecule has 0 unspecified atom stereocenters. The Labute approximate surface area is 162 Å². The molecule has 0 saturated carbocycles. The number of hydrogen-bond donors (Lipinski definition) is 1. The topological polar surface area (TPSA) is 87.7 Å². The molecule has 1 aromatic carbocycles. The first-order valence-corrected chi connectivity index (χ1v) is 8.83. The lowest BCUT2D eigenvalue weighted by Crippen LogP contribution is -2.46. The molecule has 1 saturated heterocycles. The summed E-state index contributed by atoms with van der Waals surface area (Å²) in [7, 11) is 1.52. The number of amides is 2. The number of nitrogens with zero attached hydrogens (tertiary/aromatic N) is 4. The molecule has 2 heterocycles. The minimum Gasteiger partial charge on any atom is -0.495 e. The largest absolute Gasteiger partial charge is 0.495 e. The van der Waals surface area contributed by atoms with Crippen molar-refractivity contribution in [3.05, 3.63) is 40.8 Å². The lowest BCUT2D eigenvalue weighted by Gasteiger charge is -2.33. The fourth-order valence-electron chi connectivity index (χ4n) is 2.85. The Bertz CT molecular complexity index is 853. The van der Waals surface area contributed by atoms with Gasteiger partial charge in [-0.05, 0) is 25.1 Å². The van der Waals surface area contributed by atoms with Crippen LogP contribution in [0.3, 0.4) is 0 Å². The summed E-state index contributed by atoms with van der Waals surface area (Å²) in [6.07, 6.45) is 0.847. The smallest absolute Gasteiger partial charge is 0.274 e. The Kier molecular flexibility index (Phi) is 5.75. The number of nitrogens with one attached hydrogen (secondary N) is 1.